The van der Waals surface area contributed by atoms with Crippen LogP contribution in [0.3, 0.4) is 0 Å². The van der Waals surface area contributed by atoms with Crippen molar-refractivity contribution in [2.24, 2.45) is 0 Å². The van der Waals surface area contributed by atoms with Gasteiger partial charge in [0, 0.05) is 6.54 Å². The van der Waals surface area contributed by atoms with Gasteiger partial charge in [-0.2, -0.15) is 0 Å². The van der Waals surface area contributed by atoms with Crippen LogP contribution in [0.25, 0.3) is 0 Å². The van der Waals surface area contributed by atoms with Crippen LogP contribution in [0.15, 0.2) is 84.9 Å². The number of carbonyl (C=O) groups is 2. The Balaban J connectivity index is 1.65. The standard InChI is InChI=1S/C25H26N2O3/c1-18(26-17-19-13-15-22(30-2)16-14-19)24(28)27-25(29)23(20-9-5-3-6-10-20)21-11-7-4-8-12-21/h3-16,18,23,26H,17H2,1-2H3,(H,27,28,29)/t18-/m0/s1. The minimum Gasteiger partial charge on any atom is -0.497 e. The molecule has 3 aromatic carbocycles. The summed E-state index contributed by atoms with van der Waals surface area (Å²) in [5.41, 5.74) is 2.70. The molecule has 3 aromatic rings. The number of carbonyl (C=O) groups excluding carboxylic acids is 2. The van der Waals surface area contributed by atoms with Gasteiger partial charge in [0.15, 0.2) is 0 Å². The van der Waals surface area contributed by atoms with Gasteiger partial charge in [-0.25, -0.2) is 0 Å². The lowest BCUT2D eigenvalue weighted by Crippen LogP contribution is -2.45. The lowest BCUT2D eigenvalue weighted by atomic mass is 9.90. The Morgan fingerprint density at radius 3 is 1.83 bits per heavy atom. The summed E-state index contributed by atoms with van der Waals surface area (Å²) in [7, 11) is 1.62. The molecule has 0 unspecified atom stereocenters. The highest BCUT2D eigenvalue weighted by molar-refractivity contribution is 6.01. The van der Waals surface area contributed by atoms with Gasteiger partial charge in [0.2, 0.25) is 11.8 Å². The average molecular weight is 402 g/mol. The van der Waals surface area contributed by atoms with E-state index in [1.165, 1.54) is 0 Å². The first-order chi connectivity index (χ1) is 14.6. The molecule has 154 valence electrons. The van der Waals surface area contributed by atoms with Crippen molar-refractivity contribution >= 4 is 11.8 Å². The molecular formula is C25H26N2O3. The van der Waals surface area contributed by atoms with Crippen LogP contribution in [0, 0.1) is 0 Å². The summed E-state index contributed by atoms with van der Waals surface area (Å²) in [6.45, 7) is 2.25. The largest absolute Gasteiger partial charge is 0.497 e. The van der Waals surface area contributed by atoms with Gasteiger partial charge in [-0.15, -0.1) is 0 Å². The molecule has 0 heterocycles. The van der Waals surface area contributed by atoms with Crippen LogP contribution in [0.2, 0.25) is 0 Å². The monoisotopic (exact) mass is 402 g/mol. The third-order valence-electron chi connectivity index (χ3n) is 4.94. The first-order valence-electron chi connectivity index (χ1n) is 9.89. The lowest BCUT2D eigenvalue weighted by molar-refractivity contribution is -0.131. The molecular weight excluding hydrogens is 376 g/mol. The molecule has 5 heteroatoms. The van der Waals surface area contributed by atoms with E-state index in [0.29, 0.717) is 6.54 Å². The van der Waals surface area contributed by atoms with Crippen molar-refractivity contribution in [2.45, 2.75) is 25.4 Å². The number of ether oxygens (including phenoxy) is 1. The lowest BCUT2D eigenvalue weighted by Gasteiger charge is -2.19. The predicted molar refractivity (Wildman–Crippen MR) is 117 cm³/mol. The molecule has 0 saturated heterocycles. The molecule has 1 atom stereocenters. The molecule has 30 heavy (non-hydrogen) atoms. The zero-order valence-electron chi connectivity index (χ0n) is 17.2. The van der Waals surface area contributed by atoms with Crippen molar-refractivity contribution in [1.82, 2.24) is 10.6 Å². The van der Waals surface area contributed by atoms with E-state index in [-0.39, 0.29) is 11.8 Å². The Kier molecular flexibility index (Phi) is 7.35. The molecule has 0 radical (unpaired) electrons. The molecule has 0 aliphatic heterocycles. The highest BCUT2D eigenvalue weighted by Gasteiger charge is 2.25. The summed E-state index contributed by atoms with van der Waals surface area (Å²) in [4.78, 5) is 25.7. The van der Waals surface area contributed by atoms with E-state index < -0.39 is 12.0 Å². The number of hydrogen-bond donors (Lipinski definition) is 2. The van der Waals surface area contributed by atoms with Crippen molar-refractivity contribution in [3.8, 4) is 5.75 Å². The zero-order chi connectivity index (χ0) is 21.3. The van der Waals surface area contributed by atoms with Crippen LogP contribution in [0.1, 0.15) is 29.5 Å². The van der Waals surface area contributed by atoms with Crippen molar-refractivity contribution in [3.63, 3.8) is 0 Å². The van der Waals surface area contributed by atoms with Gasteiger partial charge < -0.3 is 10.1 Å². The summed E-state index contributed by atoms with van der Waals surface area (Å²) in [6, 6.07) is 26.0. The van der Waals surface area contributed by atoms with E-state index in [0.717, 1.165) is 22.4 Å². The number of methoxy groups -OCH3 is 1. The molecule has 0 spiro atoms. The van der Waals surface area contributed by atoms with Crippen LogP contribution in [0.5, 0.6) is 5.75 Å². The summed E-state index contributed by atoms with van der Waals surface area (Å²) < 4.78 is 5.15. The summed E-state index contributed by atoms with van der Waals surface area (Å²) >= 11 is 0. The second-order valence-electron chi connectivity index (χ2n) is 7.06. The molecule has 0 fully saturated rings. The molecule has 0 bridgehead atoms. The minimum atomic E-state index is -0.551. The van der Waals surface area contributed by atoms with Crippen molar-refractivity contribution in [2.75, 3.05) is 7.11 Å². The van der Waals surface area contributed by atoms with Crippen LogP contribution < -0.4 is 15.4 Å². The van der Waals surface area contributed by atoms with Gasteiger partial charge in [0.25, 0.3) is 0 Å². The quantitative estimate of drug-likeness (QED) is 0.604. The van der Waals surface area contributed by atoms with Crippen LogP contribution in [0.4, 0.5) is 0 Å². The third-order valence-corrected chi connectivity index (χ3v) is 4.94. The highest BCUT2D eigenvalue weighted by atomic mass is 16.5. The van der Waals surface area contributed by atoms with Gasteiger partial charge >= 0.3 is 0 Å². The second-order valence-corrected chi connectivity index (χ2v) is 7.06. The van der Waals surface area contributed by atoms with Crippen molar-refractivity contribution in [1.29, 1.82) is 0 Å². The number of hydrogen-bond acceptors (Lipinski definition) is 4. The minimum absolute atomic E-state index is 0.338. The second kappa shape index (κ2) is 10.4. The number of benzene rings is 3. The van der Waals surface area contributed by atoms with E-state index in [1.807, 2.05) is 84.9 Å². The summed E-state index contributed by atoms with van der Waals surface area (Å²) in [5.74, 6) is -0.464. The number of imide groups is 1. The fourth-order valence-corrected chi connectivity index (χ4v) is 3.20. The first-order valence-corrected chi connectivity index (χ1v) is 9.89. The third kappa shape index (κ3) is 5.55. The molecule has 0 saturated carbocycles. The van der Waals surface area contributed by atoms with E-state index in [4.69, 9.17) is 4.74 Å². The first kappa shape index (κ1) is 21.3. The van der Waals surface area contributed by atoms with E-state index in [9.17, 15) is 9.59 Å². The fraction of sp³-hybridized carbons (Fsp3) is 0.200. The molecule has 3 rings (SSSR count). The smallest absolute Gasteiger partial charge is 0.243 e. The number of amides is 2. The average Bonchev–Trinajstić information content (AvgIpc) is 2.79. The van der Waals surface area contributed by atoms with E-state index in [2.05, 4.69) is 10.6 Å². The van der Waals surface area contributed by atoms with Gasteiger partial charge in [0.1, 0.15) is 5.75 Å². The van der Waals surface area contributed by atoms with Crippen LogP contribution >= 0.6 is 0 Å². The molecule has 2 N–H and O–H groups in total. The van der Waals surface area contributed by atoms with Gasteiger partial charge in [-0.1, -0.05) is 72.8 Å². The van der Waals surface area contributed by atoms with E-state index >= 15 is 0 Å². The Morgan fingerprint density at radius 2 is 1.33 bits per heavy atom. The number of nitrogens with one attached hydrogen (secondary N) is 2. The molecule has 0 aliphatic rings. The zero-order valence-corrected chi connectivity index (χ0v) is 17.2. The summed E-state index contributed by atoms with van der Waals surface area (Å²) in [5, 5.41) is 5.73. The fourth-order valence-electron chi connectivity index (χ4n) is 3.20. The van der Waals surface area contributed by atoms with Gasteiger partial charge in [-0.05, 0) is 35.7 Å². The maximum Gasteiger partial charge on any atom is 0.243 e. The maximum atomic E-state index is 13.0. The topological polar surface area (TPSA) is 67.4 Å². The molecule has 5 nitrogen and oxygen atoms in total. The van der Waals surface area contributed by atoms with Crippen molar-refractivity contribution < 1.29 is 14.3 Å². The Morgan fingerprint density at radius 1 is 0.800 bits per heavy atom. The predicted octanol–water partition coefficient (Wildman–Crippen LogP) is 3.65. The normalized spacial score (nSPS) is 11.7. The van der Waals surface area contributed by atoms with Gasteiger partial charge in [-0.3, -0.25) is 14.9 Å². The van der Waals surface area contributed by atoms with Crippen molar-refractivity contribution in [3.05, 3.63) is 102 Å². The van der Waals surface area contributed by atoms with E-state index in [1.54, 1.807) is 14.0 Å². The van der Waals surface area contributed by atoms with Gasteiger partial charge in [0.05, 0.1) is 19.1 Å². The Bertz CT molecular complexity index is 917. The summed E-state index contributed by atoms with van der Waals surface area (Å²) in [6.07, 6.45) is 0. The van der Waals surface area contributed by atoms with Crippen LogP contribution in [-0.2, 0) is 16.1 Å². The molecule has 2 amide bonds. The van der Waals surface area contributed by atoms with Crippen LogP contribution in [-0.4, -0.2) is 25.0 Å². The maximum absolute atomic E-state index is 13.0. The highest BCUT2D eigenvalue weighted by Crippen LogP contribution is 2.24. The molecule has 0 aromatic heterocycles. The SMILES string of the molecule is COc1ccc(CN[C@@H](C)C(=O)NC(=O)C(c2ccccc2)c2ccccc2)cc1. The Labute approximate surface area is 177 Å². The number of rotatable bonds is 8. The molecule has 0 aliphatic carbocycles. The Hall–Kier alpha value is -3.44.